The lowest BCUT2D eigenvalue weighted by Crippen LogP contribution is -2.35. The zero-order valence-corrected chi connectivity index (χ0v) is 14.1. The molecule has 1 fully saturated rings. The van der Waals surface area contributed by atoms with Crippen molar-refractivity contribution in [3.05, 3.63) is 24.3 Å². The SMILES string of the molecule is CC1(CNS(=O)(=O)CCSc2ccc(N)cc2)CCCC1. The Kier molecular flexibility index (Phi) is 5.57. The van der Waals surface area contributed by atoms with E-state index in [1.165, 1.54) is 24.6 Å². The van der Waals surface area contributed by atoms with Gasteiger partial charge in [-0.2, -0.15) is 0 Å². The van der Waals surface area contributed by atoms with Gasteiger partial charge in [0.05, 0.1) is 5.75 Å². The highest BCUT2D eigenvalue weighted by Gasteiger charge is 2.29. The molecule has 118 valence electrons. The van der Waals surface area contributed by atoms with Crippen molar-refractivity contribution in [3.8, 4) is 0 Å². The van der Waals surface area contributed by atoms with Gasteiger partial charge < -0.3 is 5.73 Å². The Hall–Kier alpha value is -0.720. The minimum absolute atomic E-state index is 0.150. The van der Waals surface area contributed by atoms with Gasteiger partial charge in [0, 0.05) is 22.9 Å². The summed E-state index contributed by atoms with van der Waals surface area (Å²) in [6.07, 6.45) is 4.67. The van der Waals surface area contributed by atoms with Crippen LogP contribution >= 0.6 is 11.8 Å². The van der Waals surface area contributed by atoms with Crippen LogP contribution in [0.25, 0.3) is 0 Å². The number of sulfonamides is 1. The predicted molar refractivity (Wildman–Crippen MR) is 89.9 cm³/mol. The molecule has 0 radical (unpaired) electrons. The van der Waals surface area contributed by atoms with Crippen molar-refractivity contribution in [2.24, 2.45) is 5.41 Å². The summed E-state index contributed by atoms with van der Waals surface area (Å²) in [5, 5.41) is 0. The quantitative estimate of drug-likeness (QED) is 0.596. The van der Waals surface area contributed by atoms with E-state index < -0.39 is 10.0 Å². The van der Waals surface area contributed by atoms with Gasteiger partial charge in [0.25, 0.3) is 0 Å². The first-order valence-corrected chi connectivity index (χ1v) is 9.98. The van der Waals surface area contributed by atoms with Crippen LogP contribution in [0.3, 0.4) is 0 Å². The number of hydrogen-bond donors (Lipinski definition) is 2. The Morgan fingerprint density at radius 2 is 1.86 bits per heavy atom. The molecule has 0 unspecified atom stereocenters. The average molecular weight is 329 g/mol. The average Bonchev–Trinajstić information content (AvgIpc) is 2.87. The van der Waals surface area contributed by atoms with E-state index in [1.807, 2.05) is 24.3 Å². The van der Waals surface area contributed by atoms with E-state index in [0.717, 1.165) is 23.4 Å². The van der Waals surface area contributed by atoms with E-state index >= 15 is 0 Å². The molecule has 0 atom stereocenters. The van der Waals surface area contributed by atoms with Crippen LogP contribution in [0.1, 0.15) is 32.6 Å². The van der Waals surface area contributed by atoms with Crippen LogP contribution in [-0.2, 0) is 10.0 Å². The topological polar surface area (TPSA) is 72.2 Å². The van der Waals surface area contributed by atoms with Crippen molar-refractivity contribution >= 4 is 27.5 Å². The van der Waals surface area contributed by atoms with Crippen LogP contribution in [0.2, 0.25) is 0 Å². The van der Waals surface area contributed by atoms with E-state index in [9.17, 15) is 8.42 Å². The standard InChI is InChI=1S/C15H24N2O2S2/c1-15(8-2-3-9-15)12-17-21(18,19)11-10-20-14-6-4-13(16)5-7-14/h4-7,17H,2-3,8-12,16H2,1H3. The van der Waals surface area contributed by atoms with Crippen LogP contribution in [0, 0.1) is 5.41 Å². The summed E-state index contributed by atoms with van der Waals surface area (Å²) in [4.78, 5) is 1.04. The lowest BCUT2D eigenvalue weighted by Gasteiger charge is -2.23. The van der Waals surface area contributed by atoms with E-state index in [1.54, 1.807) is 0 Å². The minimum atomic E-state index is -3.18. The van der Waals surface area contributed by atoms with E-state index in [0.29, 0.717) is 12.3 Å². The number of anilines is 1. The summed E-state index contributed by atoms with van der Waals surface area (Å²) < 4.78 is 26.8. The van der Waals surface area contributed by atoms with Gasteiger partial charge in [0.15, 0.2) is 0 Å². The summed E-state index contributed by atoms with van der Waals surface area (Å²) >= 11 is 1.54. The van der Waals surface area contributed by atoms with Crippen molar-refractivity contribution in [2.45, 2.75) is 37.5 Å². The third kappa shape index (κ3) is 5.52. The molecule has 1 aromatic rings. The van der Waals surface area contributed by atoms with Crippen LogP contribution in [0.4, 0.5) is 5.69 Å². The van der Waals surface area contributed by atoms with Gasteiger partial charge in [-0.1, -0.05) is 19.8 Å². The number of benzene rings is 1. The van der Waals surface area contributed by atoms with Crippen molar-refractivity contribution in [3.63, 3.8) is 0 Å². The fourth-order valence-corrected chi connectivity index (χ4v) is 5.08. The second-order valence-electron chi connectivity index (χ2n) is 6.08. The fourth-order valence-electron chi connectivity index (χ4n) is 2.59. The maximum atomic E-state index is 12.0. The molecule has 0 spiro atoms. The third-order valence-electron chi connectivity index (χ3n) is 4.03. The van der Waals surface area contributed by atoms with E-state index in [-0.39, 0.29) is 11.2 Å². The van der Waals surface area contributed by atoms with Crippen LogP contribution in [-0.4, -0.2) is 26.5 Å². The summed E-state index contributed by atoms with van der Waals surface area (Å²) in [6.45, 7) is 2.74. The monoisotopic (exact) mass is 328 g/mol. The van der Waals surface area contributed by atoms with Gasteiger partial charge in [-0.3, -0.25) is 0 Å². The van der Waals surface area contributed by atoms with Crippen molar-refractivity contribution in [1.82, 2.24) is 4.72 Å². The molecule has 0 heterocycles. The molecule has 1 aliphatic rings. The zero-order chi connectivity index (χ0) is 15.3. The first kappa shape index (κ1) is 16.6. The summed E-state index contributed by atoms with van der Waals surface area (Å²) in [7, 11) is -3.18. The molecule has 6 heteroatoms. The number of nitrogens with two attached hydrogens (primary N) is 1. The molecule has 1 saturated carbocycles. The molecule has 1 aromatic carbocycles. The Balaban J connectivity index is 1.74. The molecule has 0 saturated heterocycles. The van der Waals surface area contributed by atoms with E-state index in [2.05, 4.69) is 11.6 Å². The van der Waals surface area contributed by atoms with Crippen molar-refractivity contribution in [1.29, 1.82) is 0 Å². The Labute approximate surface area is 131 Å². The highest BCUT2D eigenvalue weighted by molar-refractivity contribution is 8.00. The lowest BCUT2D eigenvalue weighted by atomic mass is 9.89. The van der Waals surface area contributed by atoms with Crippen LogP contribution < -0.4 is 10.5 Å². The van der Waals surface area contributed by atoms with Crippen LogP contribution in [0.5, 0.6) is 0 Å². The second kappa shape index (κ2) is 7.03. The molecule has 3 N–H and O–H groups in total. The maximum Gasteiger partial charge on any atom is 0.212 e. The largest absolute Gasteiger partial charge is 0.399 e. The molecule has 0 bridgehead atoms. The number of hydrogen-bond acceptors (Lipinski definition) is 4. The zero-order valence-electron chi connectivity index (χ0n) is 12.5. The van der Waals surface area contributed by atoms with Crippen molar-refractivity contribution in [2.75, 3.05) is 23.8 Å². The summed E-state index contributed by atoms with van der Waals surface area (Å²) in [5.41, 5.74) is 6.49. The van der Waals surface area contributed by atoms with Gasteiger partial charge in [-0.15, -0.1) is 11.8 Å². The molecular weight excluding hydrogens is 304 g/mol. The number of nitrogens with one attached hydrogen (secondary N) is 1. The highest BCUT2D eigenvalue weighted by atomic mass is 32.2. The second-order valence-corrected chi connectivity index (χ2v) is 9.17. The Bertz CT molecular complexity index is 550. The first-order valence-electron chi connectivity index (χ1n) is 7.34. The summed E-state index contributed by atoms with van der Waals surface area (Å²) in [6, 6.07) is 7.49. The number of thioether (sulfide) groups is 1. The van der Waals surface area contributed by atoms with Gasteiger partial charge in [0.1, 0.15) is 0 Å². The van der Waals surface area contributed by atoms with Gasteiger partial charge in [0.2, 0.25) is 10.0 Å². The Morgan fingerprint density at radius 3 is 2.48 bits per heavy atom. The van der Waals surface area contributed by atoms with Crippen LogP contribution in [0.15, 0.2) is 29.2 Å². The molecule has 4 nitrogen and oxygen atoms in total. The van der Waals surface area contributed by atoms with Crippen molar-refractivity contribution < 1.29 is 8.42 Å². The number of rotatable bonds is 7. The third-order valence-corrected chi connectivity index (χ3v) is 6.63. The molecule has 0 amide bonds. The Morgan fingerprint density at radius 1 is 1.24 bits per heavy atom. The van der Waals surface area contributed by atoms with Gasteiger partial charge >= 0.3 is 0 Å². The number of nitrogen functional groups attached to an aromatic ring is 1. The predicted octanol–water partition coefficient (Wildman–Crippen LogP) is 2.86. The minimum Gasteiger partial charge on any atom is -0.399 e. The smallest absolute Gasteiger partial charge is 0.212 e. The van der Waals surface area contributed by atoms with Gasteiger partial charge in [-0.25, -0.2) is 13.1 Å². The lowest BCUT2D eigenvalue weighted by molar-refractivity contribution is 0.336. The summed E-state index contributed by atoms with van der Waals surface area (Å²) in [5.74, 6) is 0.702. The highest BCUT2D eigenvalue weighted by Crippen LogP contribution is 2.36. The normalized spacial score (nSPS) is 18.0. The van der Waals surface area contributed by atoms with Gasteiger partial charge in [-0.05, 0) is 42.5 Å². The molecule has 0 aliphatic heterocycles. The van der Waals surface area contributed by atoms with E-state index in [4.69, 9.17) is 5.73 Å². The molecule has 1 aliphatic carbocycles. The molecular formula is C15H24N2O2S2. The fraction of sp³-hybridized carbons (Fsp3) is 0.600. The molecule has 2 rings (SSSR count). The molecule has 21 heavy (non-hydrogen) atoms. The molecule has 0 aromatic heterocycles. The first-order chi connectivity index (χ1) is 9.89. The maximum absolute atomic E-state index is 12.0.